The molecule has 0 aliphatic carbocycles. The van der Waals surface area contributed by atoms with Crippen LogP contribution in [0, 0.1) is 0 Å². The number of halogens is 3. The van der Waals surface area contributed by atoms with Gasteiger partial charge >= 0.3 is 5.51 Å². The van der Waals surface area contributed by atoms with Crippen LogP contribution >= 0.6 is 11.8 Å². The van der Waals surface area contributed by atoms with Crippen LogP contribution in [0.25, 0.3) is 10.9 Å². The number of benzene rings is 1. The Kier molecular flexibility index (Phi) is 5.58. The van der Waals surface area contributed by atoms with Gasteiger partial charge in [-0.15, -0.1) is 0 Å². The molecule has 116 valence electrons. The lowest BCUT2D eigenvalue weighted by molar-refractivity contribution is -0.0328. The Hall–Kier alpha value is -1.14. The maximum Gasteiger partial charge on any atom is 0.441 e. The summed E-state index contributed by atoms with van der Waals surface area (Å²) in [5.74, 6) is 0.0333. The van der Waals surface area contributed by atoms with Crippen molar-refractivity contribution >= 4 is 22.7 Å². The van der Waals surface area contributed by atoms with E-state index in [0.717, 1.165) is 30.4 Å². The summed E-state index contributed by atoms with van der Waals surface area (Å²) < 4.78 is 38.4. The van der Waals surface area contributed by atoms with Gasteiger partial charge in [-0.25, -0.2) is 0 Å². The third-order valence-corrected chi connectivity index (χ3v) is 3.96. The average Bonchev–Trinajstić information content (AvgIpc) is 2.82. The summed E-state index contributed by atoms with van der Waals surface area (Å²) in [6, 6.07) is 7.95. The maximum absolute atomic E-state index is 12.2. The van der Waals surface area contributed by atoms with Gasteiger partial charge in [0.15, 0.2) is 0 Å². The number of nitrogens with one attached hydrogen (secondary N) is 1. The molecule has 0 unspecified atom stereocenters. The number of aromatic nitrogens is 1. The topological polar surface area (TPSA) is 17.0 Å². The number of aryl methyl sites for hydroxylation is 1. The molecule has 0 bridgehead atoms. The van der Waals surface area contributed by atoms with Crippen LogP contribution in [0.5, 0.6) is 0 Å². The summed E-state index contributed by atoms with van der Waals surface area (Å²) in [5.41, 5.74) is -1.98. The Morgan fingerprint density at radius 3 is 2.76 bits per heavy atom. The Morgan fingerprint density at radius 1 is 1.24 bits per heavy atom. The van der Waals surface area contributed by atoms with Gasteiger partial charge in [0.05, 0.1) is 0 Å². The molecule has 1 aromatic heterocycles. The second-order valence-electron chi connectivity index (χ2n) is 4.83. The van der Waals surface area contributed by atoms with E-state index in [9.17, 15) is 13.2 Å². The molecule has 0 amide bonds. The Morgan fingerprint density at radius 2 is 2.05 bits per heavy atom. The standard InChI is InChI=1S/C15H19F3N2S/c1-2-7-19-11-12-4-3-5-14-13(12)6-8-20(14)9-10-21-15(16,17)18/h3-6,8,19H,2,7,9-11H2,1H3. The van der Waals surface area contributed by atoms with E-state index in [4.69, 9.17) is 0 Å². The monoisotopic (exact) mass is 316 g/mol. The van der Waals surface area contributed by atoms with Gasteiger partial charge in [0.1, 0.15) is 0 Å². The minimum absolute atomic E-state index is 0.0282. The summed E-state index contributed by atoms with van der Waals surface area (Å²) in [4.78, 5) is 0. The molecular formula is C15H19F3N2S. The predicted octanol–water partition coefficient (Wildman–Crippen LogP) is 4.39. The van der Waals surface area contributed by atoms with E-state index in [1.165, 1.54) is 5.56 Å². The molecule has 0 saturated carbocycles. The lowest BCUT2D eigenvalue weighted by Crippen LogP contribution is -2.13. The molecular weight excluding hydrogens is 297 g/mol. The zero-order chi connectivity index (χ0) is 15.3. The first-order chi connectivity index (χ1) is 10.0. The molecule has 0 fully saturated rings. The Labute approximate surface area is 126 Å². The number of thioether (sulfide) groups is 1. The average molecular weight is 316 g/mol. The number of rotatable bonds is 7. The van der Waals surface area contributed by atoms with Crippen molar-refractivity contribution in [3.63, 3.8) is 0 Å². The zero-order valence-corrected chi connectivity index (χ0v) is 12.7. The van der Waals surface area contributed by atoms with Gasteiger partial charge in [0, 0.05) is 35.9 Å². The third kappa shape index (κ3) is 4.68. The van der Waals surface area contributed by atoms with Gasteiger partial charge in [0.2, 0.25) is 0 Å². The first kappa shape index (κ1) is 16.2. The maximum atomic E-state index is 12.2. The van der Waals surface area contributed by atoms with E-state index in [-0.39, 0.29) is 17.5 Å². The molecule has 0 aliphatic rings. The van der Waals surface area contributed by atoms with E-state index in [2.05, 4.69) is 18.3 Å². The van der Waals surface area contributed by atoms with Gasteiger partial charge in [-0.2, -0.15) is 13.2 Å². The summed E-state index contributed by atoms with van der Waals surface area (Å²) in [5, 5.41) is 4.46. The van der Waals surface area contributed by atoms with Crippen LogP contribution in [-0.4, -0.2) is 22.4 Å². The van der Waals surface area contributed by atoms with Crippen molar-refractivity contribution in [2.24, 2.45) is 0 Å². The Balaban J connectivity index is 2.07. The number of alkyl halides is 3. The van der Waals surface area contributed by atoms with Gasteiger partial charge in [-0.05, 0) is 42.4 Å². The smallest absolute Gasteiger partial charge is 0.347 e. The fourth-order valence-electron chi connectivity index (χ4n) is 2.30. The highest BCUT2D eigenvalue weighted by atomic mass is 32.2. The van der Waals surface area contributed by atoms with Gasteiger partial charge in [-0.3, -0.25) is 0 Å². The predicted molar refractivity (Wildman–Crippen MR) is 82.4 cm³/mol. The highest BCUT2D eigenvalue weighted by molar-refractivity contribution is 8.00. The van der Waals surface area contributed by atoms with Crippen molar-refractivity contribution in [3.05, 3.63) is 36.0 Å². The van der Waals surface area contributed by atoms with Gasteiger partial charge in [0.25, 0.3) is 0 Å². The zero-order valence-electron chi connectivity index (χ0n) is 11.9. The van der Waals surface area contributed by atoms with E-state index in [1.54, 1.807) is 0 Å². The molecule has 6 heteroatoms. The fraction of sp³-hybridized carbons (Fsp3) is 0.467. The molecule has 2 aromatic rings. The Bertz CT molecular complexity index is 578. The lowest BCUT2D eigenvalue weighted by atomic mass is 10.1. The fourth-order valence-corrected chi connectivity index (χ4v) is 2.82. The number of hydrogen-bond donors (Lipinski definition) is 1. The van der Waals surface area contributed by atoms with Crippen molar-refractivity contribution in [1.82, 2.24) is 9.88 Å². The SMILES string of the molecule is CCCNCc1cccc2c1ccn2CCSC(F)(F)F. The minimum atomic E-state index is -4.15. The van der Waals surface area contributed by atoms with Crippen LogP contribution in [-0.2, 0) is 13.1 Å². The van der Waals surface area contributed by atoms with E-state index in [1.807, 2.05) is 29.0 Å². The summed E-state index contributed by atoms with van der Waals surface area (Å²) in [6.45, 7) is 4.22. The summed E-state index contributed by atoms with van der Waals surface area (Å²) in [6.07, 6.45) is 2.94. The molecule has 2 rings (SSSR count). The molecule has 21 heavy (non-hydrogen) atoms. The van der Waals surface area contributed by atoms with Gasteiger partial charge in [-0.1, -0.05) is 19.1 Å². The largest absolute Gasteiger partial charge is 0.441 e. The van der Waals surface area contributed by atoms with Crippen LogP contribution in [0.1, 0.15) is 18.9 Å². The van der Waals surface area contributed by atoms with Crippen LogP contribution in [0.15, 0.2) is 30.5 Å². The van der Waals surface area contributed by atoms with Crippen molar-refractivity contribution in [1.29, 1.82) is 0 Å². The van der Waals surface area contributed by atoms with Crippen LogP contribution in [0.4, 0.5) is 13.2 Å². The second-order valence-corrected chi connectivity index (χ2v) is 5.99. The highest BCUT2D eigenvalue weighted by Gasteiger charge is 2.27. The van der Waals surface area contributed by atoms with Gasteiger partial charge < -0.3 is 9.88 Å². The molecule has 0 radical (unpaired) electrons. The van der Waals surface area contributed by atoms with Crippen LogP contribution in [0.3, 0.4) is 0 Å². The molecule has 2 nitrogen and oxygen atoms in total. The molecule has 1 N–H and O–H groups in total. The van der Waals surface area contributed by atoms with E-state index in [0.29, 0.717) is 6.54 Å². The summed E-state index contributed by atoms with van der Waals surface area (Å²) >= 11 is 0.0282. The number of hydrogen-bond acceptors (Lipinski definition) is 2. The van der Waals surface area contributed by atoms with E-state index >= 15 is 0 Å². The quantitative estimate of drug-likeness (QED) is 0.763. The van der Waals surface area contributed by atoms with Crippen molar-refractivity contribution < 1.29 is 13.2 Å². The minimum Gasteiger partial charge on any atom is -0.347 e. The third-order valence-electron chi connectivity index (χ3n) is 3.24. The molecule has 0 aliphatic heterocycles. The number of nitrogens with zero attached hydrogens (tertiary/aromatic N) is 1. The van der Waals surface area contributed by atoms with Crippen molar-refractivity contribution in [3.8, 4) is 0 Å². The molecule has 0 atom stereocenters. The van der Waals surface area contributed by atoms with Crippen molar-refractivity contribution in [2.45, 2.75) is 31.9 Å². The van der Waals surface area contributed by atoms with E-state index < -0.39 is 5.51 Å². The van der Waals surface area contributed by atoms with Crippen molar-refractivity contribution in [2.75, 3.05) is 12.3 Å². The highest BCUT2D eigenvalue weighted by Crippen LogP contribution is 2.30. The van der Waals surface area contributed by atoms with Crippen LogP contribution < -0.4 is 5.32 Å². The first-order valence-corrected chi connectivity index (χ1v) is 7.98. The molecule has 0 saturated heterocycles. The molecule has 1 heterocycles. The number of fused-ring (bicyclic) bond motifs is 1. The summed E-state index contributed by atoms with van der Waals surface area (Å²) in [7, 11) is 0. The second kappa shape index (κ2) is 7.22. The van der Waals surface area contributed by atoms with Crippen LogP contribution in [0.2, 0.25) is 0 Å². The normalized spacial score (nSPS) is 12.2. The molecule has 0 spiro atoms. The lowest BCUT2D eigenvalue weighted by Gasteiger charge is -2.09. The first-order valence-electron chi connectivity index (χ1n) is 6.99. The molecule has 1 aromatic carbocycles.